The highest BCUT2D eigenvalue weighted by Gasteiger charge is 2.33. The lowest BCUT2D eigenvalue weighted by Crippen LogP contribution is -2.43. The summed E-state index contributed by atoms with van der Waals surface area (Å²) in [7, 11) is 0. The first-order valence-corrected chi connectivity index (χ1v) is 7.35. The van der Waals surface area contributed by atoms with Crippen LogP contribution in [-0.4, -0.2) is 23.9 Å². The van der Waals surface area contributed by atoms with Crippen molar-refractivity contribution in [3.8, 4) is 0 Å². The Labute approximate surface area is 120 Å². The predicted octanol–water partition coefficient (Wildman–Crippen LogP) is 3.45. The minimum Gasteiger partial charge on any atom is -0.398 e. The third kappa shape index (κ3) is 2.79. The molecule has 1 amide bonds. The molecular formula is C16H23FN2O. The summed E-state index contributed by atoms with van der Waals surface area (Å²) in [5, 5.41) is 0. The summed E-state index contributed by atoms with van der Waals surface area (Å²) >= 11 is 0. The Balaban J connectivity index is 2.09. The Morgan fingerprint density at radius 1 is 1.30 bits per heavy atom. The predicted molar refractivity (Wildman–Crippen MR) is 79.0 cm³/mol. The van der Waals surface area contributed by atoms with Crippen molar-refractivity contribution >= 4 is 11.6 Å². The maximum Gasteiger partial charge on any atom is 0.255 e. The van der Waals surface area contributed by atoms with Gasteiger partial charge in [-0.25, -0.2) is 4.39 Å². The second-order valence-electron chi connectivity index (χ2n) is 5.73. The molecule has 0 radical (unpaired) electrons. The number of carbonyl (C=O) groups is 1. The molecule has 2 N–H and O–H groups in total. The van der Waals surface area contributed by atoms with E-state index in [2.05, 4.69) is 13.8 Å². The van der Waals surface area contributed by atoms with E-state index in [0.717, 1.165) is 38.8 Å². The van der Waals surface area contributed by atoms with E-state index < -0.39 is 5.82 Å². The Morgan fingerprint density at radius 2 is 1.90 bits per heavy atom. The topological polar surface area (TPSA) is 46.3 Å². The van der Waals surface area contributed by atoms with Crippen LogP contribution in [0.1, 0.15) is 49.9 Å². The number of halogens is 1. The summed E-state index contributed by atoms with van der Waals surface area (Å²) < 4.78 is 13.0. The summed E-state index contributed by atoms with van der Waals surface area (Å²) in [6, 6.07) is 3.98. The summed E-state index contributed by atoms with van der Waals surface area (Å²) in [4.78, 5) is 14.3. The minimum atomic E-state index is -0.409. The third-order valence-corrected chi connectivity index (χ3v) is 4.86. The first kappa shape index (κ1) is 14.8. The van der Waals surface area contributed by atoms with Gasteiger partial charge in [-0.2, -0.15) is 0 Å². The highest BCUT2D eigenvalue weighted by Crippen LogP contribution is 2.38. The van der Waals surface area contributed by atoms with Crippen molar-refractivity contribution < 1.29 is 9.18 Å². The van der Waals surface area contributed by atoms with Gasteiger partial charge in [-0.1, -0.05) is 26.7 Å². The van der Waals surface area contributed by atoms with Crippen LogP contribution in [0.15, 0.2) is 18.2 Å². The van der Waals surface area contributed by atoms with E-state index in [0.29, 0.717) is 11.0 Å². The molecule has 1 aliphatic heterocycles. The van der Waals surface area contributed by atoms with Gasteiger partial charge in [-0.3, -0.25) is 4.79 Å². The molecule has 0 unspecified atom stereocenters. The lowest BCUT2D eigenvalue weighted by Gasteiger charge is -2.41. The zero-order valence-corrected chi connectivity index (χ0v) is 12.3. The third-order valence-electron chi connectivity index (χ3n) is 4.86. The summed E-state index contributed by atoms with van der Waals surface area (Å²) in [5.74, 6) is -0.489. The van der Waals surface area contributed by atoms with E-state index in [9.17, 15) is 9.18 Å². The van der Waals surface area contributed by atoms with E-state index in [-0.39, 0.29) is 11.6 Å². The number of hydrogen-bond acceptors (Lipinski definition) is 2. The average Bonchev–Trinajstić information content (AvgIpc) is 2.47. The molecule has 1 aromatic carbocycles. The first-order chi connectivity index (χ1) is 9.51. The van der Waals surface area contributed by atoms with Crippen LogP contribution in [-0.2, 0) is 0 Å². The summed E-state index contributed by atoms with van der Waals surface area (Å²) in [6.07, 6.45) is 4.38. The fourth-order valence-corrected chi connectivity index (χ4v) is 3.04. The molecule has 1 aliphatic rings. The number of carbonyl (C=O) groups excluding carboxylic acids is 1. The molecule has 1 saturated heterocycles. The maximum atomic E-state index is 13.0. The van der Waals surface area contributed by atoms with Gasteiger partial charge in [0.1, 0.15) is 5.82 Å². The molecule has 1 fully saturated rings. The molecule has 20 heavy (non-hydrogen) atoms. The van der Waals surface area contributed by atoms with Gasteiger partial charge in [0.05, 0.1) is 5.56 Å². The molecule has 0 bridgehead atoms. The quantitative estimate of drug-likeness (QED) is 0.861. The van der Waals surface area contributed by atoms with Crippen LogP contribution in [0, 0.1) is 11.2 Å². The van der Waals surface area contributed by atoms with Gasteiger partial charge in [0.15, 0.2) is 0 Å². The molecule has 1 heterocycles. The normalized spacial score (nSPS) is 18.1. The Hall–Kier alpha value is -1.58. The number of hydrogen-bond donors (Lipinski definition) is 1. The maximum absolute atomic E-state index is 13.0. The van der Waals surface area contributed by atoms with Crippen molar-refractivity contribution in [2.45, 2.75) is 39.5 Å². The molecule has 0 saturated carbocycles. The number of nitrogens with two attached hydrogens (primary N) is 1. The first-order valence-electron chi connectivity index (χ1n) is 7.35. The van der Waals surface area contributed by atoms with Gasteiger partial charge in [0, 0.05) is 18.8 Å². The molecule has 4 heteroatoms. The van der Waals surface area contributed by atoms with Gasteiger partial charge in [-0.05, 0) is 36.5 Å². The largest absolute Gasteiger partial charge is 0.398 e. The monoisotopic (exact) mass is 278 g/mol. The molecule has 3 nitrogen and oxygen atoms in total. The van der Waals surface area contributed by atoms with Crippen LogP contribution in [0.25, 0.3) is 0 Å². The number of benzene rings is 1. The van der Waals surface area contributed by atoms with Crippen molar-refractivity contribution in [2.75, 3.05) is 18.8 Å². The van der Waals surface area contributed by atoms with Gasteiger partial charge >= 0.3 is 0 Å². The zero-order chi connectivity index (χ0) is 14.8. The van der Waals surface area contributed by atoms with Crippen molar-refractivity contribution in [3.05, 3.63) is 29.6 Å². The number of anilines is 1. The molecule has 2 rings (SSSR count). The zero-order valence-electron chi connectivity index (χ0n) is 12.3. The van der Waals surface area contributed by atoms with E-state index in [1.807, 2.05) is 4.90 Å². The van der Waals surface area contributed by atoms with Crippen LogP contribution in [0.3, 0.4) is 0 Å². The molecule has 110 valence electrons. The standard InChI is InChI=1S/C16H23FN2O/c1-3-16(4-2)7-9-19(10-8-16)15(20)13-6-5-12(17)11-14(13)18/h5-6,11H,3-4,7-10,18H2,1-2H3. The fraction of sp³-hybridized carbons (Fsp3) is 0.562. The summed E-state index contributed by atoms with van der Waals surface area (Å²) in [5.41, 5.74) is 6.76. The molecule has 0 aliphatic carbocycles. The summed E-state index contributed by atoms with van der Waals surface area (Å²) in [6.45, 7) is 5.96. The Morgan fingerprint density at radius 3 is 2.40 bits per heavy atom. The van der Waals surface area contributed by atoms with E-state index in [1.165, 1.54) is 18.2 Å². The fourth-order valence-electron chi connectivity index (χ4n) is 3.04. The molecular weight excluding hydrogens is 255 g/mol. The average molecular weight is 278 g/mol. The van der Waals surface area contributed by atoms with Crippen molar-refractivity contribution in [2.24, 2.45) is 5.41 Å². The van der Waals surface area contributed by atoms with Crippen molar-refractivity contribution in [3.63, 3.8) is 0 Å². The number of likely N-dealkylation sites (tertiary alicyclic amines) is 1. The van der Waals surface area contributed by atoms with Crippen LogP contribution >= 0.6 is 0 Å². The highest BCUT2D eigenvalue weighted by atomic mass is 19.1. The molecule has 0 aromatic heterocycles. The van der Waals surface area contributed by atoms with E-state index >= 15 is 0 Å². The van der Waals surface area contributed by atoms with Gasteiger partial charge in [-0.15, -0.1) is 0 Å². The Kier molecular flexibility index (Phi) is 4.31. The number of nitrogens with zero attached hydrogens (tertiary/aromatic N) is 1. The number of rotatable bonds is 3. The SMILES string of the molecule is CCC1(CC)CCN(C(=O)c2ccc(F)cc2N)CC1. The van der Waals surface area contributed by atoms with Crippen molar-refractivity contribution in [1.82, 2.24) is 4.90 Å². The highest BCUT2D eigenvalue weighted by molar-refractivity contribution is 5.99. The number of amides is 1. The molecule has 0 spiro atoms. The Bertz CT molecular complexity index is 487. The van der Waals surface area contributed by atoms with Crippen LogP contribution in [0.2, 0.25) is 0 Å². The minimum absolute atomic E-state index is 0.0803. The molecule has 0 atom stereocenters. The van der Waals surface area contributed by atoms with Gasteiger partial charge in [0.2, 0.25) is 0 Å². The second-order valence-corrected chi connectivity index (χ2v) is 5.73. The van der Waals surface area contributed by atoms with Crippen LogP contribution < -0.4 is 5.73 Å². The van der Waals surface area contributed by atoms with E-state index in [4.69, 9.17) is 5.73 Å². The second kappa shape index (κ2) is 5.81. The van der Waals surface area contributed by atoms with Crippen LogP contribution in [0.5, 0.6) is 0 Å². The van der Waals surface area contributed by atoms with Crippen LogP contribution in [0.4, 0.5) is 10.1 Å². The number of piperidine rings is 1. The lowest BCUT2D eigenvalue weighted by molar-refractivity contribution is 0.0558. The smallest absolute Gasteiger partial charge is 0.255 e. The lowest BCUT2D eigenvalue weighted by atomic mass is 9.74. The van der Waals surface area contributed by atoms with Gasteiger partial charge in [0.25, 0.3) is 5.91 Å². The van der Waals surface area contributed by atoms with E-state index in [1.54, 1.807) is 0 Å². The van der Waals surface area contributed by atoms with Crippen molar-refractivity contribution in [1.29, 1.82) is 0 Å². The van der Waals surface area contributed by atoms with Gasteiger partial charge < -0.3 is 10.6 Å². The molecule has 1 aromatic rings. The number of nitrogen functional groups attached to an aromatic ring is 1.